The van der Waals surface area contributed by atoms with Crippen LogP contribution in [0, 0.1) is 5.92 Å². The highest BCUT2D eigenvalue weighted by Gasteiger charge is 2.51. The van der Waals surface area contributed by atoms with Gasteiger partial charge in [-0.05, 0) is 44.1 Å². The summed E-state index contributed by atoms with van der Waals surface area (Å²) in [5.41, 5.74) is 2.98. The predicted octanol–water partition coefficient (Wildman–Crippen LogP) is 1.77. The van der Waals surface area contributed by atoms with Crippen molar-refractivity contribution in [3.8, 4) is 0 Å². The topological polar surface area (TPSA) is 98.0 Å². The fourth-order valence-electron chi connectivity index (χ4n) is 5.00. The lowest BCUT2D eigenvalue weighted by molar-refractivity contribution is -0.145. The van der Waals surface area contributed by atoms with E-state index in [0.29, 0.717) is 25.4 Å². The molecule has 2 amide bonds. The lowest BCUT2D eigenvalue weighted by atomic mass is 9.78. The number of aryl methyl sites for hydroxylation is 1. The minimum absolute atomic E-state index is 0.204. The van der Waals surface area contributed by atoms with Crippen molar-refractivity contribution in [1.82, 2.24) is 30.0 Å². The van der Waals surface area contributed by atoms with Crippen LogP contribution in [0.5, 0.6) is 0 Å². The number of aromatic nitrogens is 4. The van der Waals surface area contributed by atoms with Crippen LogP contribution in [0.25, 0.3) is 0 Å². The number of aromatic amines is 2. The lowest BCUT2D eigenvalue weighted by Gasteiger charge is -2.50. The van der Waals surface area contributed by atoms with Crippen molar-refractivity contribution in [2.24, 2.45) is 5.92 Å². The van der Waals surface area contributed by atoms with E-state index in [9.17, 15) is 9.59 Å². The summed E-state index contributed by atoms with van der Waals surface area (Å²) < 4.78 is 0. The first kappa shape index (κ1) is 18.4. The van der Waals surface area contributed by atoms with E-state index >= 15 is 0 Å². The van der Waals surface area contributed by atoms with E-state index in [-0.39, 0.29) is 17.4 Å². The highest BCUT2D eigenvalue weighted by Crippen LogP contribution is 2.45. The van der Waals surface area contributed by atoms with Gasteiger partial charge in [0.1, 0.15) is 0 Å². The maximum atomic E-state index is 13.0. The fourth-order valence-corrected chi connectivity index (χ4v) is 5.00. The molecule has 0 bridgehead atoms. The Kier molecular flexibility index (Phi) is 4.64. The first-order chi connectivity index (χ1) is 14.2. The van der Waals surface area contributed by atoms with Crippen LogP contribution in [0.2, 0.25) is 0 Å². The lowest BCUT2D eigenvalue weighted by Crippen LogP contribution is -2.59. The molecule has 8 nitrogen and oxygen atoms in total. The number of fused-ring (bicyclic) bond motifs is 2. The van der Waals surface area contributed by atoms with Crippen molar-refractivity contribution in [2.75, 3.05) is 19.6 Å². The van der Waals surface area contributed by atoms with Gasteiger partial charge in [0.15, 0.2) is 0 Å². The molecule has 154 valence electrons. The van der Waals surface area contributed by atoms with Crippen LogP contribution >= 0.6 is 0 Å². The summed E-state index contributed by atoms with van der Waals surface area (Å²) in [6.07, 6.45) is 12.1. The van der Waals surface area contributed by atoms with Gasteiger partial charge in [0.2, 0.25) is 11.8 Å². The van der Waals surface area contributed by atoms with E-state index in [1.807, 2.05) is 17.3 Å². The normalized spacial score (nSPS) is 20.7. The molecule has 0 atom stereocenters. The van der Waals surface area contributed by atoms with E-state index in [1.54, 1.807) is 6.33 Å². The van der Waals surface area contributed by atoms with Crippen LogP contribution in [0.15, 0.2) is 18.7 Å². The van der Waals surface area contributed by atoms with Crippen molar-refractivity contribution in [1.29, 1.82) is 0 Å². The molecule has 2 N–H and O–H groups in total. The Morgan fingerprint density at radius 1 is 1.21 bits per heavy atom. The zero-order chi connectivity index (χ0) is 19.8. The number of amides is 2. The molecule has 2 aromatic rings. The molecule has 29 heavy (non-hydrogen) atoms. The van der Waals surface area contributed by atoms with Crippen LogP contribution in [0.1, 0.15) is 55.5 Å². The molecule has 3 aliphatic rings. The van der Waals surface area contributed by atoms with E-state index in [1.165, 1.54) is 0 Å². The van der Waals surface area contributed by atoms with Gasteiger partial charge in [-0.1, -0.05) is 0 Å². The van der Waals surface area contributed by atoms with E-state index in [0.717, 1.165) is 68.4 Å². The highest BCUT2D eigenvalue weighted by atomic mass is 16.2. The zero-order valence-electron chi connectivity index (χ0n) is 16.7. The third kappa shape index (κ3) is 3.34. The maximum Gasteiger partial charge on any atom is 0.226 e. The van der Waals surface area contributed by atoms with Gasteiger partial charge in [-0.3, -0.25) is 14.7 Å². The average Bonchev–Trinajstić information content (AvgIpc) is 3.23. The largest absolute Gasteiger partial charge is 0.348 e. The Hall–Kier alpha value is -2.64. The first-order valence-electron chi connectivity index (χ1n) is 10.8. The number of nitrogens with zero attached hydrogens (tertiary/aromatic N) is 4. The monoisotopic (exact) mass is 396 g/mol. The SMILES string of the molecule is O=C(CCCc1cn[nH]c1)N1CCC2(CC1)c1nc[nH]c1CCN2C(=O)C1CC1. The van der Waals surface area contributed by atoms with Gasteiger partial charge in [0, 0.05) is 50.3 Å². The van der Waals surface area contributed by atoms with Crippen LogP contribution in [-0.4, -0.2) is 61.4 Å². The molecule has 0 radical (unpaired) electrons. The summed E-state index contributed by atoms with van der Waals surface area (Å²) in [6, 6.07) is 0. The van der Waals surface area contributed by atoms with Gasteiger partial charge in [0.25, 0.3) is 0 Å². The summed E-state index contributed by atoms with van der Waals surface area (Å²) in [4.78, 5) is 37.7. The van der Waals surface area contributed by atoms with Crippen molar-refractivity contribution >= 4 is 11.8 Å². The predicted molar refractivity (Wildman–Crippen MR) is 106 cm³/mol. The standard InChI is InChI=1S/C21H28N6O2/c28-18(3-1-2-15-12-24-25-13-15)26-10-7-21(8-11-26)19-17(22-14-23-19)6-9-27(21)20(29)16-4-5-16/h12-14,16H,1-11H2,(H,22,23)(H,24,25). The number of piperidine rings is 1. The Morgan fingerprint density at radius 3 is 2.76 bits per heavy atom. The third-order valence-corrected chi connectivity index (χ3v) is 6.81. The molecule has 2 fully saturated rings. The number of rotatable bonds is 5. The van der Waals surface area contributed by atoms with E-state index < -0.39 is 0 Å². The molecule has 1 aliphatic carbocycles. The number of hydrogen-bond donors (Lipinski definition) is 2. The second kappa shape index (κ2) is 7.31. The molecule has 1 saturated carbocycles. The number of H-pyrrole nitrogens is 2. The summed E-state index contributed by atoms with van der Waals surface area (Å²) in [5.74, 6) is 0.704. The summed E-state index contributed by atoms with van der Waals surface area (Å²) in [7, 11) is 0. The van der Waals surface area contributed by atoms with Crippen molar-refractivity contribution in [2.45, 2.75) is 56.9 Å². The molecule has 5 rings (SSSR count). The number of imidazole rings is 1. The average molecular weight is 396 g/mol. The maximum absolute atomic E-state index is 13.0. The molecule has 1 spiro atoms. The van der Waals surface area contributed by atoms with Gasteiger partial charge < -0.3 is 14.8 Å². The number of nitrogens with one attached hydrogen (secondary N) is 2. The summed E-state index contributed by atoms with van der Waals surface area (Å²) in [5, 5.41) is 6.76. The van der Waals surface area contributed by atoms with Crippen molar-refractivity contribution in [3.05, 3.63) is 35.7 Å². The molecule has 8 heteroatoms. The van der Waals surface area contributed by atoms with Gasteiger partial charge in [-0.15, -0.1) is 0 Å². The Bertz CT molecular complexity index is 877. The Balaban J connectivity index is 1.25. The van der Waals surface area contributed by atoms with Gasteiger partial charge in [0.05, 0.1) is 23.8 Å². The zero-order valence-corrected chi connectivity index (χ0v) is 16.7. The minimum Gasteiger partial charge on any atom is -0.348 e. The fraction of sp³-hybridized carbons (Fsp3) is 0.619. The molecule has 1 saturated heterocycles. The second-order valence-corrected chi connectivity index (χ2v) is 8.62. The molecule has 4 heterocycles. The first-order valence-corrected chi connectivity index (χ1v) is 10.8. The smallest absolute Gasteiger partial charge is 0.226 e. The second-order valence-electron chi connectivity index (χ2n) is 8.62. The number of carbonyl (C=O) groups excluding carboxylic acids is 2. The highest BCUT2D eigenvalue weighted by molar-refractivity contribution is 5.82. The van der Waals surface area contributed by atoms with Crippen LogP contribution in [0.3, 0.4) is 0 Å². The van der Waals surface area contributed by atoms with Crippen LogP contribution in [0.4, 0.5) is 0 Å². The van der Waals surface area contributed by atoms with Gasteiger partial charge in [-0.25, -0.2) is 4.98 Å². The van der Waals surface area contributed by atoms with Gasteiger partial charge in [-0.2, -0.15) is 5.10 Å². The summed E-state index contributed by atoms with van der Waals surface area (Å²) in [6.45, 7) is 2.12. The third-order valence-electron chi connectivity index (χ3n) is 6.81. The molecular formula is C21H28N6O2. The molecule has 2 aliphatic heterocycles. The number of hydrogen-bond acceptors (Lipinski definition) is 4. The molecule has 2 aromatic heterocycles. The molecule has 0 aromatic carbocycles. The van der Waals surface area contributed by atoms with Crippen molar-refractivity contribution in [3.63, 3.8) is 0 Å². The van der Waals surface area contributed by atoms with E-state index in [2.05, 4.69) is 25.1 Å². The minimum atomic E-state index is -0.346. The van der Waals surface area contributed by atoms with Crippen molar-refractivity contribution < 1.29 is 9.59 Å². The quantitative estimate of drug-likeness (QED) is 0.805. The molecule has 0 unspecified atom stereocenters. The van der Waals surface area contributed by atoms with Crippen LogP contribution in [-0.2, 0) is 28.0 Å². The number of carbonyl (C=O) groups is 2. The van der Waals surface area contributed by atoms with Crippen LogP contribution < -0.4 is 0 Å². The Morgan fingerprint density at radius 2 is 2.03 bits per heavy atom. The number of likely N-dealkylation sites (tertiary alicyclic amines) is 1. The van der Waals surface area contributed by atoms with E-state index in [4.69, 9.17) is 0 Å². The molecular weight excluding hydrogens is 368 g/mol. The Labute approximate surface area is 170 Å². The summed E-state index contributed by atoms with van der Waals surface area (Å²) >= 11 is 0. The van der Waals surface area contributed by atoms with Gasteiger partial charge >= 0.3 is 0 Å².